The average molecular weight is 146 g/mol. The molecule has 0 saturated heterocycles. The lowest BCUT2D eigenvalue weighted by atomic mass is 10.8. The van der Waals surface area contributed by atoms with Gasteiger partial charge >= 0.3 is 0 Å². The van der Waals surface area contributed by atoms with E-state index >= 15 is 0 Å². The number of hydrogen-bond acceptors (Lipinski definition) is 2. The highest BCUT2D eigenvalue weighted by Crippen LogP contribution is 2.03. The summed E-state index contributed by atoms with van der Waals surface area (Å²) < 4.78 is 0. The molecule has 0 bridgehead atoms. The Hall–Kier alpha value is -0.220. The molecule has 1 amide bonds. The number of carbonyl (C=O) groups excluding carboxylic acids is 1. The van der Waals surface area contributed by atoms with Crippen molar-refractivity contribution in [3.63, 3.8) is 0 Å². The van der Waals surface area contributed by atoms with E-state index in [1.165, 1.54) is 4.90 Å². The Morgan fingerprint density at radius 2 is 2.22 bits per heavy atom. The fourth-order valence-electron chi connectivity index (χ4n) is 0.262. The lowest BCUT2D eigenvalue weighted by molar-refractivity contribution is 0.241. The van der Waals surface area contributed by atoms with Crippen molar-refractivity contribution in [1.82, 2.24) is 10.6 Å². The fourth-order valence-corrected chi connectivity index (χ4v) is 0.786. The summed E-state index contributed by atoms with van der Waals surface area (Å²) in [6.07, 6.45) is 0. The minimum absolute atomic E-state index is 0.0101. The van der Waals surface area contributed by atoms with Crippen LogP contribution < -0.4 is 5.73 Å². The molecule has 0 atom stereocenters. The minimum Gasteiger partial charge on any atom is -0.340 e. The van der Waals surface area contributed by atoms with Gasteiger partial charge in [0.25, 0.3) is 5.24 Å². The van der Waals surface area contributed by atoms with Gasteiger partial charge < -0.3 is 4.90 Å². The molecule has 0 aromatic carbocycles. The van der Waals surface area contributed by atoms with Crippen molar-refractivity contribution in [2.45, 2.75) is 0 Å². The zero-order valence-electron chi connectivity index (χ0n) is 5.63. The van der Waals surface area contributed by atoms with Gasteiger partial charge in [-0.2, -0.15) is 0 Å². The first-order valence-electron chi connectivity index (χ1n) is 2.63. The molecular weight excluding hydrogens is 136 g/mol. The molecule has 52 valence electrons. The molecule has 0 saturated carbocycles. The lowest BCUT2D eigenvalue weighted by Gasteiger charge is -2.07. The SMILES string of the molecule is CN(C)C(=O)SCC[N]. The van der Waals surface area contributed by atoms with Gasteiger partial charge in [0, 0.05) is 26.4 Å². The van der Waals surface area contributed by atoms with Crippen LogP contribution in [0.3, 0.4) is 0 Å². The van der Waals surface area contributed by atoms with Crippen LogP contribution in [0.25, 0.3) is 0 Å². The zero-order valence-corrected chi connectivity index (χ0v) is 6.44. The first kappa shape index (κ1) is 8.78. The summed E-state index contributed by atoms with van der Waals surface area (Å²) in [4.78, 5) is 12.2. The summed E-state index contributed by atoms with van der Waals surface area (Å²) in [7, 11) is 3.37. The van der Waals surface area contributed by atoms with Crippen LogP contribution in [-0.4, -0.2) is 36.5 Å². The number of thioether (sulfide) groups is 1. The quantitative estimate of drug-likeness (QED) is 0.568. The van der Waals surface area contributed by atoms with Crippen molar-refractivity contribution in [3.05, 3.63) is 0 Å². The molecule has 9 heavy (non-hydrogen) atoms. The molecular formula is C5H10N2OS. The van der Waals surface area contributed by atoms with Crippen molar-refractivity contribution in [2.24, 2.45) is 0 Å². The summed E-state index contributed by atoms with van der Waals surface area (Å²) >= 11 is 1.12. The van der Waals surface area contributed by atoms with E-state index in [0.29, 0.717) is 5.75 Å². The monoisotopic (exact) mass is 146 g/mol. The first-order chi connectivity index (χ1) is 4.18. The van der Waals surface area contributed by atoms with Crippen LogP contribution in [0, 0.1) is 0 Å². The van der Waals surface area contributed by atoms with Gasteiger partial charge in [0.1, 0.15) is 0 Å². The van der Waals surface area contributed by atoms with E-state index in [2.05, 4.69) is 0 Å². The lowest BCUT2D eigenvalue weighted by Crippen LogP contribution is -2.17. The van der Waals surface area contributed by atoms with E-state index < -0.39 is 0 Å². The second-order valence-electron chi connectivity index (χ2n) is 1.73. The molecule has 0 aliphatic heterocycles. The maximum Gasteiger partial charge on any atom is 0.281 e. The normalized spacial score (nSPS) is 9.22. The van der Waals surface area contributed by atoms with Crippen molar-refractivity contribution in [2.75, 3.05) is 26.4 Å². The standard InChI is InChI=1S/C5H10N2OS/c1-7(2)5(8)9-4-3-6/h3-4H2,1-2H3. The summed E-state index contributed by atoms with van der Waals surface area (Å²) in [5.74, 6) is 0.483. The zero-order chi connectivity index (χ0) is 7.28. The predicted molar refractivity (Wildman–Crippen MR) is 38.5 cm³/mol. The highest BCUT2D eigenvalue weighted by Gasteiger charge is 2.01. The van der Waals surface area contributed by atoms with E-state index in [9.17, 15) is 4.79 Å². The molecule has 0 N–H and O–H groups in total. The van der Waals surface area contributed by atoms with E-state index in [1.807, 2.05) is 0 Å². The molecule has 0 aliphatic rings. The molecule has 0 fully saturated rings. The number of amides is 1. The van der Waals surface area contributed by atoms with Crippen molar-refractivity contribution in [1.29, 1.82) is 0 Å². The van der Waals surface area contributed by atoms with E-state index in [1.54, 1.807) is 14.1 Å². The third-order valence-electron chi connectivity index (χ3n) is 0.682. The Balaban J connectivity index is 3.28. The Bertz CT molecular complexity index is 95.0. The Labute approximate surface area is 59.6 Å². The summed E-state index contributed by atoms with van der Waals surface area (Å²) in [6.45, 7) is 0.0598. The molecule has 0 unspecified atom stereocenters. The van der Waals surface area contributed by atoms with Crippen LogP contribution in [0.1, 0.15) is 0 Å². The molecule has 0 spiro atoms. The molecule has 2 radical (unpaired) electrons. The van der Waals surface area contributed by atoms with Crippen molar-refractivity contribution >= 4 is 17.0 Å². The highest BCUT2D eigenvalue weighted by atomic mass is 32.2. The van der Waals surface area contributed by atoms with E-state index in [0.717, 1.165) is 11.8 Å². The Kier molecular flexibility index (Phi) is 4.53. The maximum atomic E-state index is 10.7. The largest absolute Gasteiger partial charge is 0.340 e. The van der Waals surface area contributed by atoms with Crippen LogP contribution >= 0.6 is 11.8 Å². The van der Waals surface area contributed by atoms with Gasteiger partial charge in [-0.3, -0.25) is 4.79 Å². The second-order valence-corrected chi connectivity index (χ2v) is 2.78. The van der Waals surface area contributed by atoms with Gasteiger partial charge in [-0.1, -0.05) is 11.8 Å². The Morgan fingerprint density at radius 3 is 2.56 bits per heavy atom. The van der Waals surface area contributed by atoms with Crippen LogP contribution in [0.5, 0.6) is 0 Å². The van der Waals surface area contributed by atoms with E-state index in [4.69, 9.17) is 5.73 Å². The van der Waals surface area contributed by atoms with Gasteiger partial charge in [-0.05, 0) is 0 Å². The number of rotatable bonds is 2. The van der Waals surface area contributed by atoms with Crippen LogP contribution in [-0.2, 0) is 0 Å². The number of carbonyl (C=O) groups is 1. The maximum absolute atomic E-state index is 10.7. The smallest absolute Gasteiger partial charge is 0.281 e. The first-order valence-corrected chi connectivity index (χ1v) is 3.62. The van der Waals surface area contributed by atoms with Crippen LogP contribution in [0.2, 0.25) is 0 Å². The van der Waals surface area contributed by atoms with Gasteiger partial charge in [-0.15, -0.1) is 5.73 Å². The number of hydrogen-bond donors (Lipinski definition) is 0. The third-order valence-corrected chi connectivity index (χ3v) is 1.68. The molecule has 0 aromatic heterocycles. The third kappa shape index (κ3) is 4.29. The molecule has 0 rings (SSSR count). The van der Waals surface area contributed by atoms with Crippen LogP contribution in [0.4, 0.5) is 4.79 Å². The fraction of sp³-hybridized carbons (Fsp3) is 0.800. The predicted octanol–water partition coefficient (Wildman–Crippen LogP) is 0.470. The molecule has 4 heteroatoms. The number of nitrogens with zero attached hydrogens (tertiary/aromatic N) is 2. The van der Waals surface area contributed by atoms with Gasteiger partial charge in [0.2, 0.25) is 0 Å². The van der Waals surface area contributed by atoms with Crippen molar-refractivity contribution in [3.8, 4) is 0 Å². The topological polar surface area (TPSA) is 42.6 Å². The Morgan fingerprint density at radius 1 is 1.67 bits per heavy atom. The average Bonchev–Trinajstić information content (AvgIpc) is 1.82. The van der Waals surface area contributed by atoms with Gasteiger partial charge in [0.05, 0.1) is 0 Å². The summed E-state index contributed by atoms with van der Waals surface area (Å²) in [6, 6.07) is 0. The van der Waals surface area contributed by atoms with Gasteiger partial charge in [0.15, 0.2) is 0 Å². The van der Waals surface area contributed by atoms with E-state index in [-0.39, 0.29) is 11.8 Å². The molecule has 0 heterocycles. The summed E-state index contributed by atoms with van der Waals surface area (Å²) in [5, 5.41) is -0.0101. The van der Waals surface area contributed by atoms with Gasteiger partial charge in [-0.25, -0.2) is 0 Å². The van der Waals surface area contributed by atoms with Crippen LogP contribution in [0.15, 0.2) is 0 Å². The van der Waals surface area contributed by atoms with Crippen molar-refractivity contribution < 1.29 is 4.79 Å². The molecule has 0 aliphatic carbocycles. The minimum atomic E-state index is -0.0101. The highest BCUT2D eigenvalue weighted by molar-refractivity contribution is 8.13. The second kappa shape index (κ2) is 4.64. The summed E-state index contributed by atoms with van der Waals surface area (Å²) in [5.41, 5.74) is 8.31. The molecule has 0 aromatic rings. The molecule has 3 nitrogen and oxygen atoms in total.